The van der Waals surface area contributed by atoms with Gasteiger partial charge in [0.15, 0.2) is 5.96 Å². The molecule has 1 N–H and O–H groups in total. The van der Waals surface area contributed by atoms with Gasteiger partial charge >= 0.3 is 0 Å². The minimum Gasteiger partial charge on any atom is -0.497 e. The molecule has 0 unspecified atom stereocenters. The molecule has 0 radical (unpaired) electrons. The zero-order chi connectivity index (χ0) is 18.4. The van der Waals surface area contributed by atoms with Gasteiger partial charge in [-0.3, -0.25) is 9.98 Å². The van der Waals surface area contributed by atoms with E-state index in [1.165, 1.54) is 5.56 Å². The molecule has 0 bridgehead atoms. The Morgan fingerprint density at radius 2 is 1.88 bits per heavy atom. The van der Waals surface area contributed by atoms with Crippen LogP contribution in [-0.4, -0.2) is 37.0 Å². The highest BCUT2D eigenvalue weighted by Crippen LogP contribution is 2.16. The quantitative estimate of drug-likeness (QED) is 0.567. The Morgan fingerprint density at radius 1 is 1.12 bits per heavy atom. The number of nitrogens with one attached hydrogen (secondary N) is 1. The lowest BCUT2D eigenvalue weighted by Gasteiger charge is -2.22. The van der Waals surface area contributed by atoms with E-state index in [0.29, 0.717) is 6.54 Å². The van der Waals surface area contributed by atoms with E-state index >= 15 is 0 Å². The summed E-state index contributed by atoms with van der Waals surface area (Å²) in [6.07, 6.45) is 1.83. The highest BCUT2D eigenvalue weighted by Gasteiger charge is 2.08. The summed E-state index contributed by atoms with van der Waals surface area (Å²) in [7, 11) is 5.50. The lowest BCUT2D eigenvalue weighted by molar-refractivity contribution is 0.414. The molecule has 1 heterocycles. The normalized spacial score (nSPS) is 11.4. The van der Waals surface area contributed by atoms with Gasteiger partial charge in [-0.15, -0.1) is 0 Å². The standard InChI is InChI=1S/C21H24N4O/c1-22-21(25(2)15-16-9-11-19(26-3)12-10-16)24-14-18-7-4-6-17-8-5-13-23-20(17)18/h4-13H,14-15H2,1-3H3,(H,22,24). The molecular formula is C21H24N4O. The number of nitrogens with zero attached hydrogens (tertiary/aromatic N) is 3. The summed E-state index contributed by atoms with van der Waals surface area (Å²) in [6.45, 7) is 1.44. The number of hydrogen-bond acceptors (Lipinski definition) is 3. The average Bonchev–Trinajstić information content (AvgIpc) is 2.69. The minimum absolute atomic E-state index is 0.675. The molecule has 134 valence electrons. The van der Waals surface area contributed by atoms with Gasteiger partial charge in [-0.25, -0.2) is 0 Å². The monoisotopic (exact) mass is 348 g/mol. The SMILES string of the molecule is CN=C(NCc1cccc2cccnc12)N(C)Cc1ccc(OC)cc1. The van der Waals surface area contributed by atoms with E-state index in [9.17, 15) is 0 Å². The van der Waals surface area contributed by atoms with Crippen molar-refractivity contribution in [1.29, 1.82) is 0 Å². The second-order valence-electron chi connectivity index (χ2n) is 6.10. The van der Waals surface area contributed by atoms with Gasteiger partial charge < -0.3 is 15.0 Å². The first-order valence-electron chi connectivity index (χ1n) is 8.58. The molecule has 3 aromatic rings. The van der Waals surface area contributed by atoms with Crippen molar-refractivity contribution < 1.29 is 4.74 Å². The second kappa shape index (κ2) is 8.34. The zero-order valence-corrected chi connectivity index (χ0v) is 15.4. The molecule has 0 atom stereocenters. The van der Waals surface area contributed by atoms with Crippen molar-refractivity contribution in [2.24, 2.45) is 4.99 Å². The summed E-state index contributed by atoms with van der Waals surface area (Å²) in [4.78, 5) is 11.0. The topological polar surface area (TPSA) is 49.8 Å². The first-order valence-corrected chi connectivity index (χ1v) is 8.58. The summed E-state index contributed by atoms with van der Waals surface area (Å²) in [5.41, 5.74) is 3.38. The Hall–Kier alpha value is -3.08. The maximum absolute atomic E-state index is 5.21. The highest BCUT2D eigenvalue weighted by molar-refractivity contribution is 5.83. The molecule has 0 aliphatic heterocycles. The van der Waals surface area contributed by atoms with Crippen molar-refractivity contribution >= 4 is 16.9 Å². The number of benzene rings is 2. The molecule has 0 saturated heterocycles. The molecule has 2 aromatic carbocycles. The molecule has 0 fully saturated rings. The van der Waals surface area contributed by atoms with Crippen LogP contribution in [0.2, 0.25) is 0 Å². The Bertz CT molecular complexity index is 885. The smallest absolute Gasteiger partial charge is 0.193 e. The van der Waals surface area contributed by atoms with E-state index in [1.54, 1.807) is 14.2 Å². The first-order chi connectivity index (χ1) is 12.7. The highest BCUT2D eigenvalue weighted by atomic mass is 16.5. The van der Waals surface area contributed by atoms with Crippen molar-refractivity contribution in [1.82, 2.24) is 15.2 Å². The fraction of sp³-hybridized carbons (Fsp3) is 0.238. The van der Waals surface area contributed by atoms with Crippen LogP contribution in [0.15, 0.2) is 65.8 Å². The Labute approximate surface area is 154 Å². The maximum Gasteiger partial charge on any atom is 0.193 e. The average molecular weight is 348 g/mol. The molecule has 0 aliphatic rings. The molecule has 5 heteroatoms. The van der Waals surface area contributed by atoms with Gasteiger partial charge in [-0.1, -0.05) is 36.4 Å². The van der Waals surface area contributed by atoms with Crippen LogP contribution in [0.5, 0.6) is 5.75 Å². The predicted molar refractivity (Wildman–Crippen MR) is 106 cm³/mol. The summed E-state index contributed by atoms with van der Waals surface area (Å²) in [6, 6.07) is 18.4. The molecule has 0 spiro atoms. The molecule has 1 aromatic heterocycles. The summed E-state index contributed by atoms with van der Waals surface area (Å²) < 4.78 is 5.21. The van der Waals surface area contributed by atoms with Gasteiger partial charge in [-0.05, 0) is 29.3 Å². The Kier molecular flexibility index (Phi) is 5.69. The van der Waals surface area contributed by atoms with E-state index in [-0.39, 0.29) is 0 Å². The largest absolute Gasteiger partial charge is 0.497 e. The van der Waals surface area contributed by atoms with Crippen molar-refractivity contribution in [3.63, 3.8) is 0 Å². The van der Waals surface area contributed by atoms with Crippen molar-refractivity contribution in [2.75, 3.05) is 21.2 Å². The molecule has 0 saturated carbocycles. The van der Waals surface area contributed by atoms with Gasteiger partial charge in [0.1, 0.15) is 5.75 Å². The fourth-order valence-corrected chi connectivity index (χ4v) is 2.95. The lowest BCUT2D eigenvalue weighted by Crippen LogP contribution is -2.38. The number of fused-ring (bicyclic) bond motifs is 1. The van der Waals surface area contributed by atoms with E-state index in [2.05, 4.69) is 56.6 Å². The van der Waals surface area contributed by atoms with Gasteiger partial charge in [0.2, 0.25) is 0 Å². The molecule has 3 rings (SSSR count). The molecule has 0 amide bonds. The van der Waals surface area contributed by atoms with Crippen LogP contribution in [-0.2, 0) is 13.1 Å². The fourth-order valence-electron chi connectivity index (χ4n) is 2.95. The Morgan fingerprint density at radius 3 is 2.62 bits per heavy atom. The van der Waals surface area contributed by atoms with E-state index in [1.807, 2.05) is 31.4 Å². The number of ether oxygens (including phenoxy) is 1. The maximum atomic E-state index is 5.21. The summed E-state index contributed by atoms with van der Waals surface area (Å²) >= 11 is 0. The van der Waals surface area contributed by atoms with Crippen molar-refractivity contribution in [3.05, 3.63) is 71.9 Å². The van der Waals surface area contributed by atoms with Crippen LogP contribution in [0, 0.1) is 0 Å². The van der Waals surface area contributed by atoms with E-state index in [0.717, 1.165) is 34.7 Å². The number of pyridine rings is 1. The third-order valence-electron chi connectivity index (χ3n) is 4.31. The summed E-state index contributed by atoms with van der Waals surface area (Å²) in [5, 5.41) is 4.58. The van der Waals surface area contributed by atoms with Crippen LogP contribution in [0.25, 0.3) is 10.9 Å². The third-order valence-corrected chi connectivity index (χ3v) is 4.31. The van der Waals surface area contributed by atoms with Gasteiger partial charge in [-0.2, -0.15) is 0 Å². The predicted octanol–water partition coefficient (Wildman–Crippen LogP) is 3.45. The first kappa shape index (κ1) is 17.7. The number of aliphatic imine (C=N–C) groups is 1. The summed E-state index contributed by atoms with van der Waals surface area (Å²) in [5.74, 6) is 1.70. The molecule has 0 aliphatic carbocycles. The number of hydrogen-bond donors (Lipinski definition) is 1. The third kappa shape index (κ3) is 4.11. The van der Waals surface area contributed by atoms with Gasteiger partial charge in [0, 0.05) is 38.8 Å². The van der Waals surface area contributed by atoms with Crippen LogP contribution < -0.4 is 10.1 Å². The number of rotatable bonds is 5. The molecule has 26 heavy (non-hydrogen) atoms. The van der Waals surface area contributed by atoms with E-state index in [4.69, 9.17) is 4.74 Å². The lowest BCUT2D eigenvalue weighted by atomic mass is 10.1. The number of aromatic nitrogens is 1. The van der Waals surface area contributed by atoms with Gasteiger partial charge in [0.25, 0.3) is 0 Å². The van der Waals surface area contributed by atoms with Crippen LogP contribution >= 0.6 is 0 Å². The number of para-hydroxylation sites is 1. The van der Waals surface area contributed by atoms with Crippen LogP contribution in [0.4, 0.5) is 0 Å². The van der Waals surface area contributed by atoms with E-state index < -0.39 is 0 Å². The van der Waals surface area contributed by atoms with Gasteiger partial charge in [0.05, 0.1) is 12.6 Å². The molecular weight excluding hydrogens is 324 g/mol. The second-order valence-corrected chi connectivity index (χ2v) is 6.10. The van der Waals surface area contributed by atoms with Crippen molar-refractivity contribution in [2.45, 2.75) is 13.1 Å². The number of guanidine groups is 1. The molecule has 5 nitrogen and oxygen atoms in total. The van der Waals surface area contributed by atoms with Crippen LogP contribution in [0.3, 0.4) is 0 Å². The zero-order valence-electron chi connectivity index (χ0n) is 15.4. The van der Waals surface area contributed by atoms with Crippen molar-refractivity contribution in [3.8, 4) is 5.75 Å². The Balaban J connectivity index is 1.66. The van der Waals surface area contributed by atoms with Crippen LogP contribution in [0.1, 0.15) is 11.1 Å². The minimum atomic E-state index is 0.675. The number of methoxy groups -OCH3 is 1.